The number of pyridine rings is 1. The number of nitrogens with one attached hydrogen (secondary N) is 1. The van der Waals surface area contributed by atoms with E-state index in [0.29, 0.717) is 6.04 Å². The highest BCUT2D eigenvalue weighted by atomic mass is 16.5. The number of ether oxygens (including phenoxy) is 1. The second-order valence-electron chi connectivity index (χ2n) is 5.97. The van der Waals surface area contributed by atoms with E-state index in [-0.39, 0.29) is 0 Å². The summed E-state index contributed by atoms with van der Waals surface area (Å²) in [6, 6.07) is 2.56. The molecule has 1 fully saturated rings. The summed E-state index contributed by atoms with van der Waals surface area (Å²) in [5, 5.41) is 1.16. The van der Waals surface area contributed by atoms with E-state index in [1.165, 1.54) is 18.4 Å². The first-order valence-corrected chi connectivity index (χ1v) is 7.87. The summed E-state index contributed by atoms with van der Waals surface area (Å²) in [6.07, 6.45) is 8.19. The Morgan fingerprint density at radius 1 is 1.41 bits per heavy atom. The van der Waals surface area contributed by atoms with Crippen LogP contribution in [-0.2, 0) is 4.74 Å². The van der Waals surface area contributed by atoms with Crippen molar-refractivity contribution in [2.24, 2.45) is 0 Å². The summed E-state index contributed by atoms with van der Waals surface area (Å²) in [5.41, 5.74) is 3.10. The van der Waals surface area contributed by atoms with Crippen LogP contribution in [0.1, 0.15) is 18.9 Å². The first-order valence-electron chi connectivity index (χ1n) is 7.87. The minimum absolute atomic E-state index is 0.469. The predicted octanol–water partition coefficient (Wildman–Crippen LogP) is 2.20. The number of rotatable bonds is 4. The van der Waals surface area contributed by atoms with Gasteiger partial charge in [-0.05, 0) is 25.5 Å². The van der Waals surface area contributed by atoms with Crippen molar-refractivity contribution in [2.45, 2.75) is 18.9 Å². The highest BCUT2D eigenvalue weighted by Gasteiger charge is 2.23. The number of H-pyrrole nitrogens is 1. The van der Waals surface area contributed by atoms with Crippen LogP contribution in [0.5, 0.6) is 0 Å². The highest BCUT2D eigenvalue weighted by Crippen LogP contribution is 2.29. The maximum Gasteiger partial charge on any atom is 0.139 e. The van der Waals surface area contributed by atoms with Crippen LogP contribution in [0.15, 0.2) is 24.8 Å². The fraction of sp³-hybridized carbons (Fsp3) is 0.500. The van der Waals surface area contributed by atoms with Crippen LogP contribution in [0.3, 0.4) is 0 Å². The Morgan fingerprint density at radius 3 is 3.27 bits per heavy atom. The lowest BCUT2D eigenvalue weighted by molar-refractivity contribution is 0.117. The molecule has 4 heterocycles. The lowest BCUT2D eigenvalue weighted by Crippen LogP contribution is -2.38. The standard InChI is InChI=1S/C16H21N5O/c1-22-8-7-20-6-2-3-12(10-20)21-11-19-14-9-18-16-13(15(14)21)4-5-17-16/h4-5,9,11-12H,2-3,6-8,10H2,1H3,(H,17,18). The number of hydrogen-bond acceptors (Lipinski definition) is 4. The fourth-order valence-electron chi connectivity index (χ4n) is 3.49. The summed E-state index contributed by atoms with van der Waals surface area (Å²) in [5.74, 6) is 0. The van der Waals surface area contributed by atoms with Gasteiger partial charge in [-0.1, -0.05) is 0 Å². The third kappa shape index (κ3) is 2.28. The van der Waals surface area contributed by atoms with Crippen LogP contribution < -0.4 is 0 Å². The minimum atomic E-state index is 0.469. The Morgan fingerprint density at radius 2 is 2.36 bits per heavy atom. The molecule has 0 spiro atoms. The summed E-state index contributed by atoms with van der Waals surface area (Å²) < 4.78 is 7.55. The number of nitrogens with zero attached hydrogens (tertiary/aromatic N) is 4. The Labute approximate surface area is 129 Å². The number of aromatic amines is 1. The molecule has 22 heavy (non-hydrogen) atoms. The molecular weight excluding hydrogens is 278 g/mol. The van der Waals surface area contributed by atoms with Gasteiger partial charge in [0.1, 0.15) is 11.2 Å². The zero-order valence-corrected chi connectivity index (χ0v) is 12.8. The SMILES string of the molecule is COCCN1CCCC(n2cnc3cnc4[nH]ccc4c32)C1. The monoisotopic (exact) mass is 299 g/mol. The second-order valence-corrected chi connectivity index (χ2v) is 5.97. The highest BCUT2D eigenvalue weighted by molar-refractivity contribution is 6.00. The Bertz CT molecular complexity index is 777. The summed E-state index contributed by atoms with van der Waals surface area (Å²) in [7, 11) is 1.76. The molecule has 0 aliphatic carbocycles. The molecule has 1 atom stereocenters. The Hall–Kier alpha value is -1.92. The van der Waals surface area contributed by atoms with E-state index in [1.807, 2.05) is 18.7 Å². The number of piperidine rings is 1. The smallest absolute Gasteiger partial charge is 0.139 e. The van der Waals surface area contributed by atoms with E-state index in [2.05, 4.69) is 30.5 Å². The Balaban J connectivity index is 1.69. The van der Waals surface area contributed by atoms with Crippen molar-refractivity contribution in [1.29, 1.82) is 0 Å². The van der Waals surface area contributed by atoms with Crippen LogP contribution in [0.2, 0.25) is 0 Å². The summed E-state index contributed by atoms with van der Waals surface area (Å²) >= 11 is 0. The van der Waals surface area contributed by atoms with Gasteiger partial charge in [-0.2, -0.15) is 0 Å². The van der Waals surface area contributed by atoms with Gasteiger partial charge >= 0.3 is 0 Å². The lowest BCUT2D eigenvalue weighted by Gasteiger charge is -2.33. The predicted molar refractivity (Wildman–Crippen MR) is 86.0 cm³/mol. The van der Waals surface area contributed by atoms with Crippen LogP contribution in [0.4, 0.5) is 0 Å². The van der Waals surface area contributed by atoms with Gasteiger partial charge in [0.2, 0.25) is 0 Å². The molecule has 3 aromatic heterocycles. The Kier molecular flexibility index (Phi) is 3.56. The van der Waals surface area contributed by atoms with E-state index >= 15 is 0 Å². The third-order valence-corrected chi connectivity index (χ3v) is 4.60. The topological polar surface area (TPSA) is 59.0 Å². The molecule has 1 aliphatic rings. The summed E-state index contributed by atoms with van der Waals surface area (Å²) in [6.45, 7) is 4.01. The molecule has 3 aromatic rings. The van der Waals surface area contributed by atoms with Crippen molar-refractivity contribution in [3.05, 3.63) is 24.8 Å². The molecule has 6 nitrogen and oxygen atoms in total. The minimum Gasteiger partial charge on any atom is -0.383 e. The van der Waals surface area contributed by atoms with Crippen molar-refractivity contribution in [3.8, 4) is 0 Å². The molecule has 1 N–H and O–H groups in total. The van der Waals surface area contributed by atoms with Crippen molar-refractivity contribution >= 4 is 22.1 Å². The van der Waals surface area contributed by atoms with E-state index in [4.69, 9.17) is 4.74 Å². The number of hydrogen-bond donors (Lipinski definition) is 1. The van der Waals surface area contributed by atoms with Gasteiger partial charge in [-0.3, -0.25) is 4.90 Å². The van der Waals surface area contributed by atoms with Crippen molar-refractivity contribution in [1.82, 2.24) is 24.4 Å². The van der Waals surface area contributed by atoms with Gasteiger partial charge < -0.3 is 14.3 Å². The molecular formula is C16H21N5O. The number of fused-ring (bicyclic) bond motifs is 3. The van der Waals surface area contributed by atoms with Crippen molar-refractivity contribution < 1.29 is 4.74 Å². The third-order valence-electron chi connectivity index (χ3n) is 4.60. The van der Waals surface area contributed by atoms with Gasteiger partial charge in [-0.25, -0.2) is 9.97 Å². The molecule has 4 rings (SSSR count). The van der Waals surface area contributed by atoms with Gasteiger partial charge in [0, 0.05) is 37.8 Å². The largest absolute Gasteiger partial charge is 0.383 e. The zero-order chi connectivity index (χ0) is 14.9. The van der Waals surface area contributed by atoms with E-state index in [1.54, 1.807) is 7.11 Å². The lowest BCUT2D eigenvalue weighted by atomic mass is 10.1. The van der Waals surface area contributed by atoms with E-state index < -0.39 is 0 Å². The van der Waals surface area contributed by atoms with E-state index in [9.17, 15) is 0 Å². The van der Waals surface area contributed by atoms with Crippen LogP contribution in [-0.4, -0.2) is 57.8 Å². The van der Waals surface area contributed by atoms with Crippen molar-refractivity contribution in [2.75, 3.05) is 33.4 Å². The number of imidazole rings is 1. The molecule has 116 valence electrons. The van der Waals surface area contributed by atoms with E-state index in [0.717, 1.165) is 42.8 Å². The van der Waals surface area contributed by atoms with Gasteiger partial charge in [0.25, 0.3) is 0 Å². The molecule has 0 amide bonds. The van der Waals surface area contributed by atoms with Crippen LogP contribution in [0.25, 0.3) is 22.1 Å². The van der Waals surface area contributed by atoms with Crippen LogP contribution in [0, 0.1) is 0 Å². The molecule has 1 saturated heterocycles. The molecule has 0 radical (unpaired) electrons. The fourth-order valence-corrected chi connectivity index (χ4v) is 3.49. The van der Waals surface area contributed by atoms with Gasteiger partial charge in [0.05, 0.1) is 24.6 Å². The molecule has 0 aromatic carbocycles. The molecule has 1 aliphatic heterocycles. The first kappa shape index (κ1) is 13.7. The number of aromatic nitrogens is 4. The number of methoxy groups -OCH3 is 1. The van der Waals surface area contributed by atoms with Crippen molar-refractivity contribution in [3.63, 3.8) is 0 Å². The summed E-state index contributed by atoms with van der Waals surface area (Å²) in [4.78, 5) is 14.7. The quantitative estimate of drug-likeness (QED) is 0.802. The maximum atomic E-state index is 5.21. The van der Waals surface area contributed by atoms with Gasteiger partial charge in [-0.15, -0.1) is 0 Å². The average Bonchev–Trinajstić information content (AvgIpc) is 3.18. The molecule has 0 bridgehead atoms. The molecule has 1 unspecified atom stereocenters. The second kappa shape index (κ2) is 5.70. The van der Waals surface area contributed by atoms with Crippen LogP contribution >= 0.6 is 0 Å². The normalized spacial score (nSPS) is 20.1. The average molecular weight is 299 g/mol. The maximum absolute atomic E-state index is 5.21. The zero-order valence-electron chi connectivity index (χ0n) is 12.8. The van der Waals surface area contributed by atoms with Gasteiger partial charge in [0.15, 0.2) is 0 Å². The number of likely N-dealkylation sites (tertiary alicyclic amines) is 1. The molecule has 6 heteroatoms. The first-order chi connectivity index (χ1) is 10.9. The molecule has 0 saturated carbocycles.